The smallest absolute Gasteiger partial charge is 0.255 e. The summed E-state index contributed by atoms with van der Waals surface area (Å²) in [4.78, 5) is 34.8. The van der Waals surface area contributed by atoms with Crippen LogP contribution in [0.25, 0.3) is 27.7 Å². The lowest BCUT2D eigenvalue weighted by molar-refractivity contribution is 0.0697. The predicted octanol–water partition coefficient (Wildman–Crippen LogP) is 3.07. The van der Waals surface area contributed by atoms with Gasteiger partial charge < -0.3 is 30.2 Å². The Morgan fingerprint density at radius 2 is 1.90 bits per heavy atom. The Bertz CT molecular complexity index is 1680. The third-order valence-corrected chi connectivity index (χ3v) is 7.90. The number of ether oxygens (including phenoxy) is 1. The first-order valence-electron chi connectivity index (χ1n) is 14.0. The largest absolute Gasteiger partial charge is 0.381 e. The third kappa shape index (κ3) is 5.19. The summed E-state index contributed by atoms with van der Waals surface area (Å²) < 4.78 is 7.13. The van der Waals surface area contributed by atoms with Crippen molar-refractivity contribution in [1.29, 1.82) is 0 Å². The number of rotatable bonds is 6. The van der Waals surface area contributed by atoms with Crippen LogP contribution in [0.4, 0.5) is 17.5 Å². The Morgan fingerprint density at radius 3 is 2.71 bits per heavy atom. The summed E-state index contributed by atoms with van der Waals surface area (Å²) >= 11 is 0. The normalized spacial score (nSPS) is 16.9. The van der Waals surface area contributed by atoms with E-state index in [1.54, 1.807) is 10.7 Å². The van der Waals surface area contributed by atoms with E-state index in [-0.39, 0.29) is 11.9 Å². The highest BCUT2D eigenvalue weighted by Crippen LogP contribution is 2.30. The molecule has 0 saturated carbocycles. The molecule has 1 amide bonds. The average Bonchev–Trinajstić information content (AvgIpc) is 3.62. The van der Waals surface area contributed by atoms with E-state index in [0.29, 0.717) is 30.4 Å². The van der Waals surface area contributed by atoms with Gasteiger partial charge in [0.15, 0.2) is 0 Å². The Labute approximate surface area is 236 Å². The zero-order valence-corrected chi connectivity index (χ0v) is 22.9. The molecule has 5 aromatic heterocycles. The van der Waals surface area contributed by atoms with Crippen molar-refractivity contribution < 1.29 is 9.53 Å². The molecule has 0 spiro atoms. The van der Waals surface area contributed by atoms with E-state index in [1.165, 1.54) is 0 Å². The first-order valence-corrected chi connectivity index (χ1v) is 14.0. The van der Waals surface area contributed by atoms with Gasteiger partial charge in [0.1, 0.15) is 11.5 Å². The number of hydrogen-bond acceptors (Lipinski definition) is 9. The van der Waals surface area contributed by atoms with Crippen molar-refractivity contribution in [1.82, 2.24) is 39.8 Å². The molecule has 0 aliphatic carbocycles. The van der Waals surface area contributed by atoms with Crippen LogP contribution < -0.4 is 15.5 Å². The highest BCUT2D eigenvalue weighted by atomic mass is 16.5. The predicted molar refractivity (Wildman–Crippen MR) is 157 cm³/mol. The van der Waals surface area contributed by atoms with Gasteiger partial charge in [-0.3, -0.25) is 4.79 Å². The quantitative estimate of drug-likeness (QED) is 0.291. The molecule has 12 nitrogen and oxygen atoms in total. The van der Waals surface area contributed by atoms with Crippen LogP contribution in [0.15, 0.2) is 55.2 Å². The van der Waals surface area contributed by atoms with Crippen molar-refractivity contribution in [2.24, 2.45) is 0 Å². The number of H-pyrrole nitrogens is 1. The second-order valence-corrected chi connectivity index (χ2v) is 10.6. The third-order valence-electron chi connectivity index (χ3n) is 7.90. The van der Waals surface area contributed by atoms with Crippen molar-refractivity contribution in [2.45, 2.75) is 18.9 Å². The summed E-state index contributed by atoms with van der Waals surface area (Å²) in [5, 5.41) is 11.7. The number of nitrogens with one attached hydrogen (secondary N) is 3. The van der Waals surface area contributed by atoms with Crippen LogP contribution in [0, 0.1) is 0 Å². The van der Waals surface area contributed by atoms with Crippen LogP contribution in [0.1, 0.15) is 23.2 Å². The molecule has 0 unspecified atom stereocenters. The van der Waals surface area contributed by atoms with Gasteiger partial charge in [-0.15, -0.1) is 0 Å². The van der Waals surface area contributed by atoms with Crippen molar-refractivity contribution >= 4 is 39.9 Å². The number of piperazine rings is 1. The summed E-state index contributed by atoms with van der Waals surface area (Å²) in [5.74, 6) is 1.35. The molecular formula is C29H32N10O2. The van der Waals surface area contributed by atoms with Crippen LogP contribution in [-0.4, -0.2) is 92.8 Å². The van der Waals surface area contributed by atoms with E-state index in [2.05, 4.69) is 52.5 Å². The minimum Gasteiger partial charge on any atom is -0.381 e. The second kappa shape index (κ2) is 10.8. The Kier molecular flexibility index (Phi) is 6.69. The second-order valence-electron chi connectivity index (χ2n) is 10.6. The standard InChI is InChI=1S/C29H32N10O2/c1-37-8-10-38(11-9-37)26-3-2-21(15-30-26)35-29-32-17-23-22(16-31-27(23)36-29)19-4-7-39-25(14-19)24(18-33-39)28(40)34-20-5-12-41-13-6-20/h2-4,7,14-18,20H,5-6,8-13H2,1H3,(H,34,40)(H2,31,32,35,36). The first-order chi connectivity index (χ1) is 20.1. The van der Waals surface area contributed by atoms with Crippen molar-refractivity contribution in [3.8, 4) is 11.1 Å². The lowest BCUT2D eigenvalue weighted by Crippen LogP contribution is -2.44. The zero-order chi connectivity index (χ0) is 27.8. The number of likely N-dealkylation sites (N-methyl/N-ethyl adjacent to an activating group) is 1. The van der Waals surface area contributed by atoms with Gasteiger partial charge in [-0.2, -0.15) is 10.1 Å². The number of amides is 1. The maximum Gasteiger partial charge on any atom is 0.255 e. The summed E-state index contributed by atoms with van der Waals surface area (Å²) in [6.07, 6.45) is 10.7. The van der Waals surface area contributed by atoms with Gasteiger partial charge in [0.2, 0.25) is 5.95 Å². The van der Waals surface area contributed by atoms with E-state index in [4.69, 9.17) is 4.74 Å². The molecule has 41 heavy (non-hydrogen) atoms. The van der Waals surface area contributed by atoms with Gasteiger partial charge in [0.05, 0.1) is 29.2 Å². The van der Waals surface area contributed by atoms with Gasteiger partial charge in [-0.05, 0) is 49.7 Å². The number of carbonyl (C=O) groups is 1. The lowest BCUT2D eigenvalue weighted by Gasteiger charge is -2.33. The fraction of sp³-hybridized carbons (Fsp3) is 0.345. The van der Waals surface area contributed by atoms with E-state index in [9.17, 15) is 4.79 Å². The number of fused-ring (bicyclic) bond motifs is 2. The number of anilines is 3. The molecule has 7 heterocycles. The molecule has 7 rings (SSSR count). The number of nitrogens with zero attached hydrogens (tertiary/aromatic N) is 7. The minimum absolute atomic E-state index is 0.118. The monoisotopic (exact) mass is 552 g/mol. The number of pyridine rings is 2. The molecule has 0 radical (unpaired) electrons. The van der Waals surface area contributed by atoms with Crippen LogP contribution in [0.2, 0.25) is 0 Å². The molecule has 2 fully saturated rings. The molecule has 5 aromatic rings. The van der Waals surface area contributed by atoms with Gasteiger partial charge in [-0.1, -0.05) is 0 Å². The van der Waals surface area contributed by atoms with E-state index in [1.807, 2.05) is 49.1 Å². The van der Waals surface area contributed by atoms with E-state index in [0.717, 1.165) is 72.6 Å². The number of carbonyl (C=O) groups excluding carboxylic acids is 1. The highest BCUT2D eigenvalue weighted by molar-refractivity contribution is 6.02. The van der Waals surface area contributed by atoms with Crippen molar-refractivity contribution in [2.75, 3.05) is 56.7 Å². The SMILES string of the molecule is CN1CCN(c2ccc(Nc3ncc4c(-c5ccn6ncc(C(=O)NC7CCOCC7)c6c5)c[nH]c4n3)cn2)CC1. The topological polar surface area (TPSA) is 129 Å². The molecule has 0 atom stereocenters. The molecule has 3 N–H and O–H groups in total. The van der Waals surface area contributed by atoms with Crippen LogP contribution >= 0.6 is 0 Å². The van der Waals surface area contributed by atoms with E-state index < -0.39 is 0 Å². The van der Waals surface area contributed by atoms with Gasteiger partial charge in [0.25, 0.3) is 5.91 Å². The summed E-state index contributed by atoms with van der Waals surface area (Å²) in [7, 11) is 2.14. The fourth-order valence-corrected chi connectivity index (χ4v) is 5.45. The Hall–Kier alpha value is -4.55. The lowest BCUT2D eigenvalue weighted by atomic mass is 10.1. The maximum atomic E-state index is 13.0. The zero-order valence-electron chi connectivity index (χ0n) is 22.9. The van der Waals surface area contributed by atoms with Crippen LogP contribution in [0.5, 0.6) is 0 Å². The van der Waals surface area contributed by atoms with Crippen LogP contribution in [0.3, 0.4) is 0 Å². The molecule has 0 aromatic carbocycles. The number of aromatic nitrogens is 6. The molecule has 2 aliphatic rings. The number of hydrogen-bond donors (Lipinski definition) is 3. The van der Waals surface area contributed by atoms with Gasteiger partial charge in [-0.25, -0.2) is 14.5 Å². The Morgan fingerprint density at radius 1 is 1.05 bits per heavy atom. The van der Waals surface area contributed by atoms with Crippen molar-refractivity contribution in [3.63, 3.8) is 0 Å². The molecule has 0 bridgehead atoms. The number of aromatic amines is 1. The van der Waals surface area contributed by atoms with E-state index >= 15 is 0 Å². The maximum absolute atomic E-state index is 13.0. The average molecular weight is 553 g/mol. The molecular weight excluding hydrogens is 520 g/mol. The van der Waals surface area contributed by atoms with Crippen LogP contribution in [-0.2, 0) is 4.74 Å². The summed E-state index contributed by atoms with van der Waals surface area (Å²) in [6, 6.07) is 8.11. The molecule has 12 heteroatoms. The summed E-state index contributed by atoms with van der Waals surface area (Å²) in [6.45, 7) is 5.37. The fourth-order valence-electron chi connectivity index (χ4n) is 5.45. The molecule has 2 saturated heterocycles. The molecule has 210 valence electrons. The molecule has 2 aliphatic heterocycles. The van der Waals surface area contributed by atoms with Gasteiger partial charge >= 0.3 is 0 Å². The summed E-state index contributed by atoms with van der Waals surface area (Å²) in [5.41, 5.74) is 4.72. The van der Waals surface area contributed by atoms with Crippen molar-refractivity contribution in [3.05, 3.63) is 60.8 Å². The highest BCUT2D eigenvalue weighted by Gasteiger charge is 2.20. The first kappa shape index (κ1) is 25.4. The minimum atomic E-state index is -0.118. The van der Waals surface area contributed by atoms with Gasteiger partial charge in [0, 0.05) is 75.0 Å². The Balaban J connectivity index is 1.09.